The van der Waals surface area contributed by atoms with E-state index >= 15 is 0 Å². The van der Waals surface area contributed by atoms with E-state index < -0.39 is 35.3 Å². The molecule has 1 saturated heterocycles. The van der Waals surface area contributed by atoms with Crippen LogP contribution in [-0.4, -0.2) is 43.0 Å². The van der Waals surface area contributed by atoms with Gasteiger partial charge in [-0.1, -0.05) is 66.7 Å². The molecule has 1 aliphatic carbocycles. The number of nitrogens with zero attached hydrogens (tertiary/aromatic N) is 1. The summed E-state index contributed by atoms with van der Waals surface area (Å²) in [5.41, 5.74) is 1.40. The smallest absolute Gasteiger partial charge is 0.417 e. The first-order valence-electron chi connectivity index (χ1n) is 12.4. The number of carbonyl (C=O) groups is 3. The number of rotatable bonds is 4. The first kappa shape index (κ1) is 23.3. The van der Waals surface area contributed by atoms with Crippen molar-refractivity contribution in [1.82, 2.24) is 4.90 Å². The molecule has 2 amide bonds. The van der Waals surface area contributed by atoms with Crippen LogP contribution in [0.25, 0.3) is 0 Å². The summed E-state index contributed by atoms with van der Waals surface area (Å²) in [5.74, 6) is -1.36. The Balaban J connectivity index is 1.47. The minimum absolute atomic E-state index is 0.0535. The molecule has 2 heterocycles. The lowest BCUT2D eigenvalue weighted by Gasteiger charge is -2.38. The topological polar surface area (TPSA) is 82.1 Å². The maximum absolute atomic E-state index is 14.4. The second kappa shape index (κ2) is 8.76. The first-order valence-corrected chi connectivity index (χ1v) is 12.4. The van der Waals surface area contributed by atoms with E-state index in [1.165, 1.54) is 0 Å². The van der Waals surface area contributed by atoms with E-state index in [-0.39, 0.29) is 24.9 Å². The second-order valence-electron chi connectivity index (χ2n) is 9.97. The van der Waals surface area contributed by atoms with E-state index in [9.17, 15) is 14.4 Å². The highest BCUT2D eigenvalue weighted by Gasteiger charge is 2.64. The van der Waals surface area contributed by atoms with E-state index in [1.54, 1.807) is 19.2 Å². The SMILES string of the molecule is COc1ccc2c(c1)OC[C@H]1[C@H](c3ccccc3)[C@@H](C(=O)N3C(=O)OC[C@@H]3c3ccccc3)C(=O)[C@@]21C. The van der Waals surface area contributed by atoms with Crippen molar-refractivity contribution in [3.05, 3.63) is 95.6 Å². The molecular weight excluding hydrogens is 470 g/mol. The van der Waals surface area contributed by atoms with Gasteiger partial charge in [0.15, 0.2) is 5.78 Å². The molecule has 0 spiro atoms. The van der Waals surface area contributed by atoms with Gasteiger partial charge in [0.05, 0.1) is 19.1 Å². The van der Waals surface area contributed by atoms with Gasteiger partial charge in [-0.25, -0.2) is 9.69 Å². The van der Waals surface area contributed by atoms with Crippen LogP contribution in [0.3, 0.4) is 0 Å². The van der Waals surface area contributed by atoms with Crippen molar-refractivity contribution in [2.24, 2.45) is 11.8 Å². The van der Waals surface area contributed by atoms with Gasteiger partial charge in [-0.15, -0.1) is 0 Å². The van der Waals surface area contributed by atoms with Gasteiger partial charge in [0, 0.05) is 23.5 Å². The molecule has 0 radical (unpaired) electrons. The average molecular weight is 498 g/mol. The highest BCUT2D eigenvalue weighted by Crippen LogP contribution is 2.58. The number of amides is 2. The number of ether oxygens (including phenoxy) is 3. The monoisotopic (exact) mass is 497 g/mol. The first-order chi connectivity index (χ1) is 17.9. The van der Waals surface area contributed by atoms with Crippen LogP contribution in [0.2, 0.25) is 0 Å². The van der Waals surface area contributed by atoms with Crippen LogP contribution in [0, 0.1) is 11.8 Å². The number of hydrogen-bond acceptors (Lipinski definition) is 6. The third kappa shape index (κ3) is 3.44. The Kier molecular flexibility index (Phi) is 5.51. The minimum atomic E-state index is -1.06. The van der Waals surface area contributed by atoms with Gasteiger partial charge in [0.2, 0.25) is 5.91 Å². The quantitative estimate of drug-likeness (QED) is 0.488. The average Bonchev–Trinajstić information content (AvgIpc) is 3.44. The number of hydrogen-bond donors (Lipinski definition) is 0. The van der Waals surface area contributed by atoms with Crippen molar-refractivity contribution in [2.75, 3.05) is 20.3 Å². The zero-order valence-electron chi connectivity index (χ0n) is 20.6. The molecule has 3 aliphatic rings. The van der Waals surface area contributed by atoms with Gasteiger partial charge in [0.1, 0.15) is 30.1 Å². The number of benzene rings is 3. The normalized spacial score (nSPS) is 28.2. The third-order valence-corrected chi connectivity index (χ3v) is 8.24. The Hall–Kier alpha value is -4.13. The van der Waals surface area contributed by atoms with Crippen LogP contribution in [0.5, 0.6) is 11.5 Å². The highest BCUT2D eigenvalue weighted by atomic mass is 16.6. The zero-order chi connectivity index (χ0) is 25.7. The fourth-order valence-electron chi connectivity index (χ4n) is 6.32. The van der Waals surface area contributed by atoms with E-state index in [0.717, 1.165) is 21.6 Å². The molecule has 3 aromatic carbocycles. The number of Topliss-reactive ketones (excluding diaryl/α,β-unsaturated/α-hetero) is 1. The van der Waals surface area contributed by atoms with Crippen molar-refractivity contribution in [3.63, 3.8) is 0 Å². The number of cyclic esters (lactones) is 1. The number of imide groups is 1. The Morgan fingerprint density at radius 2 is 1.59 bits per heavy atom. The summed E-state index contributed by atoms with van der Waals surface area (Å²) in [4.78, 5) is 42.7. The predicted molar refractivity (Wildman–Crippen MR) is 134 cm³/mol. The molecule has 1 saturated carbocycles. The molecular formula is C30H27NO6. The highest BCUT2D eigenvalue weighted by molar-refractivity contribution is 6.13. The fourth-order valence-corrected chi connectivity index (χ4v) is 6.32. The molecule has 6 rings (SSSR count). The van der Waals surface area contributed by atoms with Crippen LogP contribution in [0.1, 0.15) is 35.6 Å². The summed E-state index contributed by atoms with van der Waals surface area (Å²) in [6.07, 6.45) is -0.722. The molecule has 0 aromatic heterocycles. The standard InChI is InChI=1S/C30H27NO6/c1-30-21-14-13-20(35-2)15-24(21)36-16-22(30)25(19-11-7-4-8-12-19)26(27(30)32)28(33)31-23(17-37-29(31)34)18-9-5-3-6-10-18/h3-15,22-23,25-26H,16-17H2,1-2H3/t22-,23+,25-,26+,30-/m0/s1. The maximum atomic E-state index is 14.4. The van der Waals surface area contributed by atoms with Gasteiger partial charge < -0.3 is 14.2 Å². The van der Waals surface area contributed by atoms with Crippen LogP contribution >= 0.6 is 0 Å². The van der Waals surface area contributed by atoms with Gasteiger partial charge in [0.25, 0.3) is 0 Å². The Labute approximate surface area is 214 Å². The second-order valence-corrected chi connectivity index (χ2v) is 9.97. The van der Waals surface area contributed by atoms with E-state index in [1.807, 2.05) is 73.7 Å². The molecule has 3 aromatic rings. The van der Waals surface area contributed by atoms with E-state index in [0.29, 0.717) is 11.5 Å². The molecule has 5 atom stereocenters. The van der Waals surface area contributed by atoms with E-state index in [2.05, 4.69) is 0 Å². The fraction of sp³-hybridized carbons (Fsp3) is 0.300. The van der Waals surface area contributed by atoms with Crippen LogP contribution in [0.4, 0.5) is 4.79 Å². The van der Waals surface area contributed by atoms with Crippen molar-refractivity contribution in [3.8, 4) is 11.5 Å². The Morgan fingerprint density at radius 1 is 0.919 bits per heavy atom. The lowest BCUT2D eigenvalue weighted by molar-refractivity contribution is -0.140. The van der Waals surface area contributed by atoms with E-state index in [4.69, 9.17) is 14.2 Å². The number of carbonyl (C=O) groups excluding carboxylic acids is 3. The Bertz CT molecular complexity index is 1370. The van der Waals surface area contributed by atoms with Crippen molar-refractivity contribution in [1.29, 1.82) is 0 Å². The summed E-state index contributed by atoms with van der Waals surface area (Å²) in [7, 11) is 1.58. The van der Waals surface area contributed by atoms with Gasteiger partial charge in [-0.3, -0.25) is 9.59 Å². The molecule has 7 heteroatoms. The van der Waals surface area contributed by atoms with Crippen molar-refractivity contribution in [2.45, 2.75) is 24.3 Å². The van der Waals surface area contributed by atoms with Crippen molar-refractivity contribution < 1.29 is 28.6 Å². The largest absolute Gasteiger partial charge is 0.497 e. The summed E-state index contributed by atoms with van der Waals surface area (Å²) in [6.45, 7) is 2.21. The summed E-state index contributed by atoms with van der Waals surface area (Å²) >= 11 is 0. The van der Waals surface area contributed by atoms with Gasteiger partial charge >= 0.3 is 6.09 Å². The Morgan fingerprint density at radius 3 is 2.27 bits per heavy atom. The summed E-state index contributed by atoms with van der Waals surface area (Å²) in [6, 6.07) is 23.7. The number of fused-ring (bicyclic) bond motifs is 3. The minimum Gasteiger partial charge on any atom is -0.497 e. The summed E-state index contributed by atoms with van der Waals surface area (Å²) < 4.78 is 16.9. The van der Waals surface area contributed by atoms with Crippen LogP contribution in [0.15, 0.2) is 78.9 Å². The zero-order valence-corrected chi connectivity index (χ0v) is 20.6. The molecule has 37 heavy (non-hydrogen) atoms. The molecule has 0 N–H and O–H groups in total. The number of methoxy groups -OCH3 is 1. The van der Waals surface area contributed by atoms with Crippen LogP contribution in [-0.2, 0) is 19.7 Å². The predicted octanol–water partition coefficient (Wildman–Crippen LogP) is 4.66. The van der Waals surface area contributed by atoms with Gasteiger partial charge in [-0.05, 0) is 24.1 Å². The molecule has 0 bridgehead atoms. The van der Waals surface area contributed by atoms with Crippen LogP contribution < -0.4 is 9.47 Å². The molecule has 7 nitrogen and oxygen atoms in total. The maximum Gasteiger partial charge on any atom is 0.417 e. The van der Waals surface area contributed by atoms with Crippen molar-refractivity contribution >= 4 is 17.8 Å². The molecule has 2 fully saturated rings. The lowest BCUT2D eigenvalue weighted by atomic mass is 9.69. The van der Waals surface area contributed by atoms with Gasteiger partial charge in [-0.2, -0.15) is 0 Å². The molecule has 188 valence electrons. The number of ketones is 1. The molecule has 0 unspecified atom stereocenters. The lowest BCUT2D eigenvalue weighted by Crippen LogP contribution is -2.44. The molecule has 2 aliphatic heterocycles. The summed E-state index contributed by atoms with van der Waals surface area (Å²) in [5, 5.41) is 0. The third-order valence-electron chi connectivity index (χ3n) is 8.24.